The van der Waals surface area contributed by atoms with E-state index in [1.54, 1.807) is 35.9 Å². The van der Waals surface area contributed by atoms with Crippen molar-refractivity contribution in [2.45, 2.75) is 26.2 Å². The Kier molecular flexibility index (Phi) is 4.34. The molecule has 6 nitrogen and oxygen atoms in total. The Morgan fingerprint density at radius 2 is 1.86 bits per heavy atom. The van der Waals surface area contributed by atoms with Crippen molar-refractivity contribution in [1.82, 2.24) is 24.6 Å². The third-order valence-corrected chi connectivity index (χ3v) is 4.76. The Bertz CT molecular complexity index is 1060. The lowest BCUT2D eigenvalue weighted by molar-refractivity contribution is -0.145. The summed E-state index contributed by atoms with van der Waals surface area (Å²) in [7, 11) is 0. The van der Waals surface area contributed by atoms with Crippen LogP contribution in [0.15, 0.2) is 36.7 Å². The smallest absolute Gasteiger partial charge is 0.328 e. The zero-order valence-electron chi connectivity index (χ0n) is 14.5. The molecule has 0 atom stereocenters. The van der Waals surface area contributed by atoms with E-state index in [2.05, 4.69) is 15.1 Å². The van der Waals surface area contributed by atoms with Crippen LogP contribution < -0.4 is 0 Å². The lowest BCUT2D eigenvalue weighted by Gasteiger charge is -2.14. The molecule has 4 rings (SSSR count). The van der Waals surface area contributed by atoms with Gasteiger partial charge in [0.05, 0.1) is 35.4 Å². The number of fused-ring (bicyclic) bond motifs is 1. The first-order valence-corrected chi connectivity index (χ1v) is 8.63. The number of hydrogen-bond acceptors (Lipinski definition) is 4. The topological polar surface area (TPSA) is 63.9 Å². The van der Waals surface area contributed by atoms with Gasteiger partial charge in [-0.25, -0.2) is 14.6 Å². The lowest BCUT2D eigenvalue weighted by Crippen LogP contribution is -2.25. The van der Waals surface area contributed by atoms with E-state index in [1.165, 1.54) is 11.1 Å². The molecule has 0 radical (unpaired) electrons. The SMILES string of the molecule is Cc1c(C(=O)N2Cc3cnc(C(F)(F)F)nc3C2)cnn1-c1ccc(Cl)cc1. The van der Waals surface area contributed by atoms with Gasteiger partial charge in [0.1, 0.15) is 0 Å². The standard InChI is InChI=1S/C18H13ClF3N5O/c1-10-14(7-24-27(10)13-4-2-12(19)3-5-13)16(28)26-8-11-6-23-17(18(20,21)22)25-15(11)9-26/h2-7H,8-9H2,1H3. The minimum absolute atomic E-state index is 0.00860. The van der Waals surface area contributed by atoms with Gasteiger partial charge in [-0.15, -0.1) is 0 Å². The van der Waals surface area contributed by atoms with Gasteiger partial charge in [-0.1, -0.05) is 11.6 Å². The average Bonchev–Trinajstić information content (AvgIpc) is 3.24. The van der Waals surface area contributed by atoms with Gasteiger partial charge < -0.3 is 4.90 Å². The van der Waals surface area contributed by atoms with Gasteiger partial charge in [0.2, 0.25) is 5.82 Å². The number of benzene rings is 1. The summed E-state index contributed by atoms with van der Waals surface area (Å²) in [6.45, 7) is 1.89. The molecule has 0 unspecified atom stereocenters. The summed E-state index contributed by atoms with van der Waals surface area (Å²) in [6.07, 6.45) is -2.05. The molecule has 2 aromatic heterocycles. The Morgan fingerprint density at radius 3 is 2.54 bits per heavy atom. The van der Waals surface area contributed by atoms with E-state index in [-0.39, 0.29) is 24.7 Å². The van der Waals surface area contributed by atoms with Crippen LogP contribution in [0.2, 0.25) is 5.02 Å². The van der Waals surface area contributed by atoms with Gasteiger partial charge in [-0.05, 0) is 31.2 Å². The predicted molar refractivity (Wildman–Crippen MR) is 93.9 cm³/mol. The first kappa shape index (κ1) is 18.4. The van der Waals surface area contributed by atoms with Crippen molar-refractivity contribution in [3.05, 3.63) is 70.0 Å². The molecule has 1 aliphatic heterocycles. The highest BCUT2D eigenvalue weighted by atomic mass is 35.5. The van der Waals surface area contributed by atoms with Gasteiger partial charge in [0.25, 0.3) is 5.91 Å². The number of hydrogen-bond donors (Lipinski definition) is 0. The quantitative estimate of drug-likeness (QED) is 0.648. The van der Waals surface area contributed by atoms with E-state index >= 15 is 0 Å². The lowest BCUT2D eigenvalue weighted by atomic mass is 10.2. The Labute approximate surface area is 162 Å². The van der Waals surface area contributed by atoms with Crippen LogP contribution in [0.5, 0.6) is 0 Å². The van der Waals surface area contributed by atoms with E-state index in [0.717, 1.165) is 11.9 Å². The second kappa shape index (κ2) is 6.59. The van der Waals surface area contributed by atoms with E-state index in [0.29, 0.717) is 21.8 Å². The third kappa shape index (κ3) is 3.22. The van der Waals surface area contributed by atoms with Crippen molar-refractivity contribution < 1.29 is 18.0 Å². The molecule has 0 spiro atoms. The highest BCUT2D eigenvalue weighted by molar-refractivity contribution is 6.30. The van der Waals surface area contributed by atoms with E-state index in [9.17, 15) is 18.0 Å². The number of amides is 1. The molecule has 144 valence electrons. The molecular weight excluding hydrogens is 395 g/mol. The van der Waals surface area contributed by atoms with Gasteiger partial charge >= 0.3 is 6.18 Å². The van der Waals surface area contributed by atoms with Crippen LogP contribution in [0.25, 0.3) is 5.69 Å². The molecule has 0 saturated carbocycles. The second-order valence-corrected chi connectivity index (χ2v) is 6.79. The molecule has 28 heavy (non-hydrogen) atoms. The zero-order valence-corrected chi connectivity index (χ0v) is 15.3. The first-order valence-electron chi connectivity index (χ1n) is 8.26. The van der Waals surface area contributed by atoms with Crippen LogP contribution in [0.4, 0.5) is 13.2 Å². The zero-order chi connectivity index (χ0) is 20.1. The average molecular weight is 408 g/mol. The highest BCUT2D eigenvalue weighted by Crippen LogP contribution is 2.29. The van der Waals surface area contributed by atoms with Gasteiger partial charge in [0.15, 0.2) is 0 Å². The van der Waals surface area contributed by atoms with Crippen molar-refractivity contribution in [3.63, 3.8) is 0 Å². The summed E-state index contributed by atoms with van der Waals surface area (Å²) < 4.78 is 40.0. The van der Waals surface area contributed by atoms with Crippen molar-refractivity contribution in [2.75, 3.05) is 0 Å². The fraction of sp³-hybridized carbons (Fsp3) is 0.222. The highest BCUT2D eigenvalue weighted by Gasteiger charge is 2.37. The summed E-state index contributed by atoms with van der Waals surface area (Å²) in [5.41, 5.74) is 2.44. The number of carbonyl (C=O) groups is 1. The fourth-order valence-electron chi connectivity index (χ4n) is 3.07. The van der Waals surface area contributed by atoms with Crippen molar-refractivity contribution in [2.24, 2.45) is 0 Å². The van der Waals surface area contributed by atoms with Crippen LogP contribution in [0.3, 0.4) is 0 Å². The minimum atomic E-state index is -4.62. The minimum Gasteiger partial charge on any atom is -0.328 e. The third-order valence-electron chi connectivity index (χ3n) is 4.51. The molecule has 3 aromatic rings. The number of nitrogens with zero attached hydrogens (tertiary/aromatic N) is 5. The fourth-order valence-corrected chi connectivity index (χ4v) is 3.19. The molecule has 1 amide bonds. The summed E-state index contributed by atoms with van der Waals surface area (Å²) in [5, 5.41) is 4.84. The van der Waals surface area contributed by atoms with Gasteiger partial charge in [0, 0.05) is 23.3 Å². The van der Waals surface area contributed by atoms with Crippen LogP contribution in [-0.2, 0) is 19.3 Å². The van der Waals surface area contributed by atoms with Gasteiger partial charge in [-0.3, -0.25) is 4.79 Å². The van der Waals surface area contributed by atoms with Crippen molar-refractivity contribution in [3.8, 4) is 5.69 Å². The summed E-state index contributed by atoms with van der Waals surface area (Å²) in [4.78, 5) is 21.3. The summed E-state index contributed by atoms with van der Waals surface area (Å²) >= 11 is 5.89. The molecule has 0 N–H and O–H groups in total. The normalized spacial score (nSPS) is 13.7. The van der Waals surface area contributed by atoms with Crippen molar-refractivity contribution in [1.29, 1.82) is 0 Å². The van der Waals surface area contributed by atoms with Gasteiger partial charge in [-0.2, -0.15) is 18.3 Å². The van der Waals surface area contributed by atoms with Crippen LogP contribution in [-0.4, -0.2) is 30.6 Å². The molecule has 0 aliphatic carbocycles. The van der Waals surface area contributed by atoms with Crippen molar-refractivity contribution >= 4 is 17.5 Å². The number of halogens is 4. The predicted octanol–water partition coefficient (Wildman–Crippen LogP) is 3.80. The molecule has 1 aliphatic rings. The van der Waals surface area contributed by atoms with E-state index < -0.39 is 12.0 Å². The Balaban J connectivity index is 1.58. The maximum absolute atomic E-state index is 12.9. The Hall–Kier alpha value is -2.94. The molecular formula is C18H13ClF3N5O. The monoisotopic (exact) mass is 407 g/mol. The summed E-state index contributed by atoms with van der Waals surface area (Å²) in [6, 6.07) is 6.98. The number of carbonyl (C=O) groups excluding carboxylic acids is 1. The molecule has 3 heterocycles. The maximum atomic E-state index is 12.9. The number of aromatic nitrogens is 4. The molecule has 0 saturated heterocycles. The number of rotatable bonds is 2. The largest absolute Gasteiger partial charge is 0.451 e. The summed E-state index contributed by atoms with van der Waals surface area (Å²) in [5.74, 6) is -1.53. The molecule has 10 heteroatoms. The molecule has 0 bridgehead atoms. The second-order valence-electron chi connectivity index (χ2n) is 6.36. The van der Waals surface area contributed by atoms with E-state index in [1.807, 2.05) is 0 Å². The molecule has 1 aromatic carbocycles. The van der Waals surface area contributed by atoms with Crippen LogP contribution >= 0.6 is 11.6 Å². The maximum Gasteiger partial charge on any atom is 0.451 e. The van der Waals surface area contributed by atoms with Crippen LogP contribution in [0, 0.1) is 6.92 Å². The molecule has 0 fully saturated rings. The van der Waals surface area contributed by atoms with Crippen LogP contribution in [0.1, 0.15) is 33.1 Å². The van der Waals surface area contributed by atoms with E-state index in [4.69, 9.17) is 11.6 Å². The Morgan fingerprint density at radius 1 is 1.14 bits per heavy atom. The first-order chi connectivity index (χ1) is 13.2. The number of alkyl halides is 3.